The zero-order valence-corrected chi connectivity index (χ0v) is 12.5. The zero-order valence-electron chi connectivity index (χ0n) is 12.5. The molecule has 1 amide bonds. The predicted octanol–water partition coefficient (Wildman–Crippen LogP) is 3.81. The Morgan fingerprint density at radius 1 is 1.18 bits per heavy atom. The summed E-state index contributed by atoms with van der Waals surface area (Å²) >= 11 is 0. The molecule has 0 aromatic heterocycles. The van der Waals surface area contributed by atoms with Gasteiger partial charge in [-0.05, 0) is 31.0 Å². The Labute approximate surface area is 129 Å². The van der Waals surface area contributed by atoms with Crippen LogP contribution in [0.4, 0.5) is 4.39 Å². The molecule has 1 aliphatic rings. The molecule has 1 atom stereocenters. The van der Waals surface area contributed by atoms with Crippen LogP contribution in [0.25, 0.3) is 0 Å². The SMILES string of the molecule is COc1ccccc1C(=O)N1CCCC1c1ccccc1F. The Kier molecular flexibility index (Phi) is 4.09. The molecule has 2 aromatic rings. The van der Waals surface area contributed by atoms with Gasteiger partial charge >= 0.3 is 0 Å². The van der Waals surface area contributed by atoms with Crippen LogP contribution < -0.4 is 4.74 Å². The lowest BCUT2D eigenvalue weighted by Crippen LogP contribution is -2.31. The second-order valence-electron chi connectivity index (χ2n) is 5.38. The van der Waals surface area contributed by atoms with Crippen LogP contribution in [0.3, 0.4) is 0 Å². The van der Waals surface area contributed by atoms with E-state index >= 15 is 0 Å². The minimum atomic E-state index is -0.257. The number of halogens is 1. The van der Waals surface area contributed by atoms with Crippen molar-refractivity contribution in [3.8, 4) is 5.75 Å². The first-order chi connectivity index (χ1) is 10.7. The first-order valence-corrected chi connectivity index (χ1v) is 7.41. The fourth-order valence-electron chi connectivity index (χ4n) is 3.05. The highest BCUT2D eigenvalue weighted by Gasteiger charge is 2.33. The number of benzene rings is 2. The lowest BCUT2D eigenvalue weighted by Gasteiger charge is -2.26. The molecular formula is C18H18FNO2. The van der Waals surface area contributed by atoms with E-state index in [1.165, 1.54) is 6.07 Å². The van der Waals surface area contributed by atoms with Crippen LogP contribution in [-0.4, -0.2) is 24.5 Å². The molecule has 3 nitrogen and oxygen atoms in total. The number of likely N-dealkylation sites (tertiary alicyclic amines) is 1. The molecular weight excluding hydrogens is 281 g/mol. The Balaban J connectivity index is 1.93. The molecule has 1 heterocycles. The summed E-state index contributed by atoms with van der Waals surface area (Å²) in [7, 11) is 1.55. The van der Waals surface area contributed by atoms with Crippen LogP contribution in [-0.2, 0) is 0 Å². The number of hydrogen-bond donors (Lipinski definition) is 0. The summed E-state index contributed by atoms with van der Waals surface area (Å²) in [5, 5.41) is 0. The van der Waals surface area contributed by atoms with Crippen molar-refractivity contribution in [2.45, 2.75) is 18.9 Å². The minimum Gasteiger partial charge on any atom is -0.496 e. The fraction of sp³-hybridized carbons (Fsp3) is 0.278. The average molecular weight is 299 g/mol. The zero-order chi connectivity index (χ0) is 15.5. The van der Waals surface area contributed by atoms with Crippen molar-refractivity contribution in [2.24, 2.45) is 0 Å². The third-order valence-corrected chi connectivity index (χ3v) is 4.12. The van der Waals surface area contributed by atoms with Gasteiger partial charge in [0.2, 0.25) is 0 Å². The van der Waals surface area contributed by atoms with Gasteiger partial charge < -0.3 is 9.64 Å². The maximum Gasteiger partial charge on any atom is 0.258 e. The van der Waals surface area contributed by atoms with Gasteiger partial charge in [-0.2, -0.15) is 0 Å². The van der Waals surface area contributed by atoms with Crippen LogP contribution in [0.5, 0.6) is 5.75 Å². The Morgan fingerprint density at radius 2 is 1.91 bits per heavy atom. The average Bonchev–Trinajstić information content (AvgIpc) is 3.04. The number of hydrogen-bond acceptors (Lipinski definition) is 2. The summed E-state index contributed by atoms with van der Waals surface area (Å²) in [4.78, 5) is 14.6. The van der Waals surface area contributed by atoms with Crippen molar-refractivity contribution in [1.29, 1.82) is 0 Å². The smallest absolute Gasteiger partial charge is 0.258 e. The third kappa shape index (κ3) is 2.56. The number of para-hydroxylation sites is 1. The minimum absolute atomic E-state index is 0.108. The number of nitrogens with zero attached hydrogens (tertiary/aromatic N) is 1. The number of rotatable bonds is 3. The normalized spacial score (nSPS) is 17.5. The highest BCUT2D eigenvalue weighted by molar-refractivity contribution is 5.97. The predicted molar refractivity (Wildman–Crippen MR) is 82.4 cm³/mol. The maximum atomic E-state index is 14.1. The van der Waals surface area contributed by atoms with Crippen molar-refractivity contribution >= 4 is 5.91 Å². The summed E-state index contributed by atoms with van der Waals surface area (Å²) in [5.74, 6) is 0.183. The highest BCUT2D eigenvalue weighted by atomic mass is 19.1. The van der Waals surface area contributed by atoms with Crippen molar-refractivity contribution < 1.29 is 13.9 Å². The number of methoxy groups -OCH3 is 1. The van der Waals surface area contributed by atoms with Gasteiger partial charge in [0.25, 0.3) is 5.91 Å². The molecule has 1 unspecified atom stereocenters. The van der Waals surface area contributed by atoms with E-state index in [2.05, 4.69) is 0 Å². The standard InChI is InChI=1S/C18H18FNO2/c1-22-17-11-5-3-8-14(17)18(21)20-12-6-10-16(20)13-7-2-4-9-15(13)19/h2-5,7-9,11,16H,6,10,12H2,1H3. The lowest BCUT2D eigenvalue weighted by atomic mass is 10.0. The molecule has 0 aliphatic carbocycles. The van der Waals surface area contributed by atoms with Crippen LogP contribution in [0, 0.1) is 5.82 Å². The molecule has 4 heteroatoms. The fourth-order valence-corrected chi connectivity index (χ4v) is 3.05. The summed E-state index contributed by atoms with van der Waals surface area (Å²) in [5.41, 5.74) is 1.11. The molecule has 2 aromatic carbocycles. The molecule has 0 saturated carbocycles. The van der Waals surface area contributed by atoms with Crippen molar-refractivity contribution in [3.05, 3.63) is 65.5 Å². The maximum absolute atomic E-state index is 14.1. The van der Waals surface area contributed by atoms with Crippen LogP contribution in [0.2, 0.25) is 0 Å². The molecule has 0 N–H and O–H groups in total. The largest absolute Gasteiger partial charge is 0.496 e. The lowest BCUT2D eigenvalue weighted by molar-refractivity contribution is 0.0730. The van der Waals surface area contributed by atoms with E-state index in [-0.39, 0.29) is 17.8 Å². The number of carbonyl (C=O) groups excluding carboxylic acids is 1. The third-order valence-electron chi connectivity index (χ3n) is 4.12. The van der Waals surface area contributed by atoms with Gasteiger partial charge in [0, 0.05) is 12.1 Å². The van der Waals surface area contributed by atoms with Gasteiger partial charge in [-0.1, -0.05) is 30.3 Å². The molecule has 0 radical (unpaired) electrons. The van der Waals surface area contributed by atoms with Crippen LogP contribution in [0.15, 0.2) is 48.5 Å². The first kappa shape index (κ1) is 14.6. The highest BCUT2D eigenvalue weighted by Crippen LogP contribution is 2.35. The van der Waals surface area contributed by atoms with Gasteiger partial charge in [-0.15, -0.1) is 0 Å². The summed E-state index contributed by atoms with van der Waals surface area (Å²) < 4.78 is 19.3. The van der Waals surface area contributed by atoms with E-state index < -0.39 is 0 Å². The van der Waals surface area contributed by atoms with Gasteiger partial charge in [-0.3, -0.25) is 4.79 Å². The number of ether oxygens (including phenoxy) is 1. The summed E-state index contributed by atoms with van der Waals surface area (Å²) in [6, 6.07) is 13.6. The van der Waals surface area contributed by atoms with E-state index in [0.717, 1.165) is 12.8 Å². The van der Waals surface area contributed by atoms with Crippen molar-refractivity contribution in [1.82, 2.24) is 4.90 Å². The van der Waals surface area contributed by atoms with Crippen molar-refractivity contribution in [2.75, 3.05) is 13.7 Å². The van der Waals surface area contributed by atoms with Crippen LogP contribution >= 0.6 is 0 Å². The molecule has 3 rings (SSSR count). The Morgan fingerprint density at radius 3 is 2.68 bits per heavy atom. The van der Waals surface area contributed by atoms with Gasteiger partial charge in [-0.25, -0.2) is 4.39 Å². The molecule has 1 aliphatic heterocycles. The van der Waals surface area contributed by atoms with Gasteiger partial charge in [0.15, 0.2) is 0 Å². The monoisotopic (exact) mass is 299 g/mol. The van der Waals surface area contributed by atoms with E-state index in [0.29, 0.717) is 23.4 Å². The second kappa shape index (κ2) is 6.18. The van der Waals surface area contributed by atoms with E-state index in [4.69, 9.17) is 4.74 Å². The molecule has 1 saturated heterocycles. The number of carbonyl (C=O) groups is 1. The van der Waals surface area contributed by atoms with E-state index in [1.807, 2.05) is 18.2 Å². The molecule has 0 bridgehead atoms. The summed E-state index contributed by atoms with van der Waals surface area (Å²) in [6.07, 6.45) is 1.65. The van der Waals surface area contributed by atoms with E-state index in [9.17, 15) is 9.18 Å². The Hall–Kier alpha value is -2.36. The molecule has 1 fully saturated rings. The second-order valence-corrected chi connectivity index (χ2v) is 5.38. The quantitative estimate of drug-likeness (QED) is 0.862. The van der Waals surface area contributed by atoms with Crippen LogP contribution in [0.1, 0.15) is 34.8 Å². The van der Waals surface area contributed by atoms with E-state index in [1.54, 1.807) is 36.3 Å². The number of amides is 1. The topological polar surface area (TPSA) is 29.5 Å². The molecule has 114 valence electrons. The first-order valence-electron chi connectivity index (χ1n) is 7.41. The molecule has 0 spiro atoms. The van der Waals surface area contributed by atoms with Gasteiger partial charge in [0.1, 0.15) is 11.6 Å². The summed E-state index contributed by atoms with van der Waals surface area (Å²) in [6.45, 7) is 0.635. The molecule has 22 heavy (non-hydrogen) atoms. The van der Waals surface area contributed by atoms with Crippen molar-refractivity contribution in [3.63, 3.8) is 0 Å². The van der Waals surface area contributed by atoms with Gasteiger partial charge in [0.05, 0.1) is 18.7 Å². The Bertz CT molecular complexity index is 686.